The molecule has 2 aliphatic carbocycles. The summed E-state index contributed by atoms with van der Waals surface area (Å²) in [6.45, 7) is 2.39. The number of nitrogens with one attached hydrogen (secondary N) is 1. The zero-order chi connectivity index (χ0) is 24.5. The predicted octanol–water partition coefficient (Wildman–Crippen LogP) is 4.56. The first-order valence-electron chi connectivity index (χ1n) is 12.2. The minimum Gasteiger partial charge on any atom is -0.489 e. The molecule has 0 saturated heterocycles. The van der Waals surface area contributed by atoms with Gasteiger partial charge in [0.2, 0.25) is 0 Å². The SMILES string of the molecule is COC(=O)[C@@H]1Cc2cccc(F)c2[C@H]1NC(=O)c1c(C)nc2c(OCC3CCCCC3)cccn12. The van der Waals surface area contributed by atoms with Crippen LogP contribution < -0.4 is 10.1 Å². The molecule has 1 N–H and O–H groups in total. The molecule has 1 fully saturated rings. The van der Waals surface area contributed by atoms with Crippen molar-refractivity contribution in [3.8, 4) is 5.75 Å². The number of rotatable bonds is 6. The second kappa shape index (κ2) is 9.68. The Hall–Kier alpha value is -3.42. The maximum atomic E-state index is 14.8. The number of ether oxygens (including phenoxy) is 2. The third-order valence-electron chi connectivity index (χ3n) is 7.29. The number of amides is 1. The number of aromatic nitrogens is 2. The topological polar surface area (TPSA) is 81.9 Å². The molecule has 2 atom stereocenters. The van der Waals surface area contributed by atoms with E-state index in [0.29, 0.717) is 52.9 Å². The van der Waals surface area contributed by atoms with Crippen LogP contribution >= 0.6 is 0 Å². The zero-order valence-corrected chi connectivity index (χ0v) is 20.1. The first-order chi connectivity index (χ1) is 17.0. The van der Waals surface area contributed by atoms with Crippen LogP contribution in [0.2, 0.25) is 0 Å². The predicted molar refractivity (Wildman–Crippen MR) is 128 cm³/mol. The first-order valence-corrected chi connectivity index (χ1v) is 12.2. The average Bonchev–Trinajstić information content (AvgIpc) is 3.41. The molecule has 0 bridgehead atoms. The smallest absolute Gasteiger partial charge is 0.311 e. The monoisotopic (exact) mass is 479 g/mol. The summed E-state index contributed by atoms with van der Waals surface area (Å²) in [5, 5.41) is 2.90. The number of carbonyl (C=O) groups excluding carboxylic acids is 2. The molecule has 184 valence electrons. The molecule has 0 radical (unpaired) electrons. The number of benzene rings is 1. The van der Waals surface area contributed by atoms with Crippen molar-refractivity contribution in [3.63, 3.8) is 0 Å². The van der Waals surface area contributed by atoms with Gasteiger partial charge in [0.05, 0.1) is 31.4 Å². The Morgan fingerprint density at radius 3 is 2.74 bits per heavy atom. The fourth-order valence-electron chi connectivity index (χ4n) is 5.52. The second-order valence-corrected chi connectivity index (χ2v) is 9.52. The highest BCUT2D eigenvalue weighted by Gasteiger charge is 2.41. The van der Waals surface area contributed by atoms with Gasteiger partial charge in [-0.2, -0.15) is 0 Å². The number of nitrogens with zero attached hydrogens (tertiary/aromatic N) is 2. The van der Waals surface area contributed by atoms with Gasteiger partial charge in [0.15, 0.2) is 11.4 Å². The van der Waals surface area contributed by atoms with Crippen molar-refractivity contribution in [2.75, 3.05) is 13.7 Å². The summed E-state index contributed by atoms with van der Waals surface area (Å²) in [5.41, 5.74) is 2.45. The maximum Gasteiger partial charge on any atom is 0.311 e. The lowest BCUT2D eigenvalue weighted by Gasteiger charge is -2.22. The van der Waals surface area contributed by atoms with Crippen molar-refractivity contribution in [2.45, 2.75) is 51.5 Å². The van der Waals surface area contributed by atoms with Crippen LogP contribution in [0.5, 0.6) is 5.75 Å². The Morgan fingerprint density at radius 2 is 1.97 bits per heavy atom. The van der Waals surface area contributed by atoms with E-state index in [9.17, 15) is 14.0 Å². The summed E-state index contributed by atoms with van der Waals surface area (Å²) in [6, 6.07) is 7.58. The van der Waals surface area contributed by atoms with Gasteiger partial charge in [0, 0.05) is 11.8 Å². The van der Waals surface area contributed by atoms with Gasteiger partial charge in [0.1, 0.15) is 11.5 Å². The van der Waals surface area contributed by atoms with E-state index in [1.807, 2.05) is 12.1 Å². The van der Waals surface area contributed by atoms with Gasteiger partial charge in [0.25, 0.3) is 5.91 Å². The van der Waals surface area contributed by atoms with Gasteiger partial charge in [-0.1, -0.05) is 31.4 Å². The van der Waals surface area contributed by atoms with Gasteiger partial charge < -0.3 is 14.8 Å². The molecule has 8 heteroatoms. The van der Waals surface area contributed by atoms with Gasteiger partial charge in [-0.15, -0.1) is 0 Å². The van der Waals surface area contributed by atoms with Crippen LogP contribution in [-0.2, 0) is 16.0 Å². The van der Waals surface area contributed by atoms with E-state index in [1.165, 1.54) is 45.3 Å². The summed E-state index contributed by atoms with van der Waals surface area (Å²) in [7, 11) is 1.30. The minimum atomic E-state index is -0.832. The molecule has 1 aromatic carbocycles. The highest BCUT2D eigenvalue weighted by Crippen LogP contribution is 2.39. The third kappa shape index (κ3) is 4.37. The Kier molecular flexibility index (Phi) is 6.45. The number of carbonyl (C=O) groups is 2. The molecule has 2 heterocycles. The van der Waals surface area contributed by atoms with Crippen molar-refractivity contribution in [1.29, 1.82) is 0 Å². The molecule has 0 spiro atoms. The average molecular weight is 480 g/mol. The van der Waals surface area contributed by atoms with Crippen molar-refractivity contribution in [3.05, 3.63) is 64.9 Å². The van der Waals surface area contributed by atoms with Crippen LogP contribution in [0.15, 0.2) is 36.5 Å². The van der Waals surface area contributed by atoms with Gasteiger partial charge in [-0.25, -0.2) is 9.37 Å². The summed E-state index contributed by atoms with van der Waals surface area (Å²) >= 11 is 0. The highest BCUT2D eigenvalue weighted by atomic mass is 19.1. The lowest BCUT2D eigenvalue weighted by atomic mass is 9.90. The van der Waals surface area contributed by atoms with E-state index in [1.54, 1.807) is 29.7 Å². The molecule has 0 unspecified atom stereocenters. The Morgan fingerprint density at radius 1 is 1.17 bits per heavy atom. The summed E-state index contributed by atoms with van der Waals surface area (Å²) in [5.74, 6) is -0.911. The van der Waals surface area contributed by atoms with Crippen molar-refractivity contribution in [1.82, 2.24) is 14.7 Å². The van der Waals surface area contributed by atoms with Crippen LogP contribution in [0.25, 0.3) is 5.65 Å². The maximum absolute atomic E-state index is 14.8. The van der Waals surface area contributed by atoms with E-state index in [0.717, 1.165) is 0 Å². The largest absolute Gasteiger partial charge is 0.489 e. The minimum absolute atomic E-state index is 0.302. The second-order valence-electron chi connectivity index (χ2n) is 9.52. The van der Waals surface area contributed by atoms with Crippen molar-refractivity contribution < 1.29 is 23.5 Å². The van der Waals surface area contributed by atoms with Crippen LogP contribution in [0.1, 0.15) is 65.5 Å². The molecular formula is C27H30FN3O4. The fraction of sp³-hybridized carbons (Fsp3) is 0.444. The van der Waals surface area contributed by atoms with E-state index in [4.69, 9.17) is 9.47 Å². The van der Waals surface area contributed by atoms with E-state index < -0.39 is 29.7 Å². The van der Waals surface area contributed by atoms with Crippen molar-refractivity contribution in [2.24, 2.45) is 11.8 Å². The number of halogens is 1. The molecule has 35 heavy (non-hydrogen) atoms. The molecular weight excluding hydrogens is 449 g/mol. The summed E-state index contributed by atoms with van der Waals surface area (Å²) < 4.78 is 27.5. The van der Waals surface area contributed by atoms with Crippen LogP contribution in [0.3, 0.4) is 0 Å². The quantitative estimate of drug-likeness (QED) is 0.525. The van der Waals surface area contributed by atoms with Gasteiger partial charge in [-0.05, 0) is 55.9 Å². The Balaban J connectivity index is 1.43. The molecule has 0 aliphatic heterocycles. The lowest BCUT2D eigenvalue weighted by Crippen LogP contribution is -2.36. The van der Waals surface area contributed by atoms with Gasteiger partial charge >= 0.3 is 5.97 Å². The molecule has 2 aromatic heterocycles. The van der Waals surface area contributed by atoms with Crippen LogP contribution in [0.4, 0.5) is 4.39 Å². The molecule has 3 aromatic rings. The number of aryl methyl sites for hydroxylation is 1. The lowest BCUT2D eigenvalue weighted by molar-refractivity contribution is -0.146. The molecule has 7 nitrogen and oxygen atoms in total. The molecule has 1 saturated carbocycles. The molecule has 1 amide bonds. The number of pyridine rings is 1. The fourth-order valence-corrected chi connectivity index (χ4v) is 5.52. The standard InChI is InChI=1S/C27H30FN3O4/c1-16-24(31-13-7-12-21(25(31)29-16)35-15-17-8-4-3-5-9-17)26(32)30-23-19(27(33)34-2)14-18-10-6-11-20(28)22(18)23/h6-7,10-13,17,19,23H,3-5,8-9,14-15H2,1-2H3,(H,30,32)/t19-,23+/m1/s1. The number of imidazole rings is 1. The van der Waals surface area contributed by atoms with Crippen molar-refractivity contribution >= 4 is 17.5 Å². The van der Waals surface area contributed by atoms with Crippen LogP contribution in [-0.4, -0.2) is 35.0 Å². The number of esters is 1. The van der Waals surface area contributed by atoms with Gasteiger partial charge in [-0.3, -0.25) is 14.0 Å². The Bertz CT molecular complexity index is 1260. The summed E-state index contributed by atoms with van der Waals surface area (Å²) in [6.07, 6.45) is 8.17. The van der Waals surface area contributed by atoms with E-state index in [2.05, 4.69) is 10.3 Å². The van der Waals surface area contributed by atoms with E-state index >= 15 is 0 Å². The number of hydrogen-bond acceptors (Lipinski definition) is 5. The number of hydrogen-bond donors (Lipinski definition) is 1. The molecule has 2 aliphatic rings. The van der Waals surface area contributed by atoms with E-state index in [-0.39, 0.29) is 0 Å². The first kappa shape index (κ1) is 23.3. The number of methoxy groups -OCH3 is 1. The normalized spacial score (nSPS) is 20.0. The van der Waals surface area contributed by atoms with Crippen LogP contribution in [0, 0.1) is 24.6 Å². The number of fused-ring (bicyclic) bond motifs is 2. The Labute approximate surface area is 203 Å². The zero-order valence-electron chi connectivity index (χ0n) is 20.1. The summed E-state index contributed by atoms with van der Waals surface area (Å²) in [4.78, 5) is 30.6. The molecule has 5 rings (SSSR count). The third-order valence-corrected chi connectivity index (χ3v) is 7.29. The highest BCUT2D eigenvalue weighted by molar-refractivity contribution is 5.95.